The van der Waals surface area contributed by atoms with E-state index in [9.17, 15) is 4.79 Å². The Morgan fingerprint density at radius 3 is 2.89 bits per heavy atom. The van der Waals surface area contributed by atoms with Crippen LogP contribution in [0.3, 0.4) is 0 Å². The Hall–Kier alpha value is -1.69. The molecule has 1 saturated heterocycles. The molecule has 0 radical (unpaired) electrons. The molecule has 2 atom stereocenters. The molecule has 1 aliphatic rings. The first-order valence-electron chi connectivity index (χ1n) is 6.11. The molecule has 2 heterocycles. The minimum atomic E-state index is -0.177. The van der Waals surface area contributed by atoms with E-state index < -0.39 is 0 Å². The highest BCUT2D eigenvalue weighted by atomic mass is 16.5. The predicted molar refractivity (Wildman–Crippen MR) is 67.4 cm³/mol. The predicted octanol–water partition coefficient (Wildman–Crippen LogP) is 0.673. The first kappa shape index (κ1) is 12.8. The summed E-state index contributed by atoms with van der Waals surface area (Å²) >= 11 is 0. The van der Waals surface area contributed by atoms with E-state index in [1.165, 1.54) is 0 Å². The third-order valence-corrected chi connectivity index (χ3v) is 3.11. The molecule has 6 heteroatoms. The van der Waals surface area contributed by atoms with Gasteiger partial charge in [0.25, 0.3) is 5.91 Å². The molecule has 1 aromatic rings. The van der Waals surface area contributed by atoms with Crippen molar-refractivity contribution in [1.82, 2.24) is 15.5 Å². The van der Waals surface area contributed by atoms with Crippen LogP contribution >= 0.6 is 0 Å². The van der Waals surface area contributed by atoms with Crippen molar-refractivity contribution in [2.24, 2.45) is 5.92 Å². The molecule has 1 aliphatic heterocycles. The van der Waals surface area contributed by atoms with Gasteiger partial charge in [0.1, 0.15) is 5.82 Å². The molecule has 0 aliphatic carbocycles. The lowest BCUT2D eigenvalue weighted by Crippen LogP contribution is -2.44. The molecule has 1 fully saturated rings. The van der Waals surface area contributed by atoms with Crippen LogP contribution in [0.1, 0.15) is 23.8 Å². The minimum absolute atomic E-state index is 0.150. The summed E-state index contributed by atoms with van der Waals surface area (Å²) in [7, 11) is 1.76. The Morgan fingerprint density at radius 2 is 2.28 bits per heavy atom. The molecule has 18 heavy (non-hydrogen) atoms. The average Bonchev–Trinajstić information content (AvgIpc) is 2.41. The van der Waals surface area contributed by atoms with Crippen molar-refractivity contribution in [3.63, 3.8) is 0 Å². The van der Waals surface area contributed by atoms with Crippen molar-refractivity contribution in [2.45, 2.75) is 19.4 Å². The fraction of sp³-hybridized carbons (Fsp3) is 0.583. The third kappa shape index (κ3) is 2.95. The van der Waals surface area contributed by atoms with E-state index in [1.807, 2.05) is 0 Å². The van der Waals surface area contributed by atoms with Crippen molar-refractivity contribution in [3.05, 3.63) is 17.8 Å². The lowest BCUT2D eigenvalue weighted by molar-refractivity contribution is 0.0374. The molecule has 6 nitrogen and oxygen atoms in total. The number of nitrogens with zero attached hydrogens (tertiary/aromatic N) is 2. The molecule has 0 aromatic carbocycles. The second-order valence-corrected chi connectivity index (χ2v) is 4.47. The number of carbonyl (C=O) groups excluding carboxylic acids is 1. The van der Waals surface area contributed by atoms with Gasteiger partial charge in [-0.25, -0.2) is 0 Å². The van der Waals surface area contributed by atoms with Gasteiger partial charge < -0.3 is 15.4 Å². The standard InChI is InChI=1S/C12H18N4O2/c1-8-7-18-6-5-9(8)14-12(17)10-3-4-11(13-2)16-15-10/h3-4,8-9H,5-7H2,1-2H3,(H,13,16)(H,14,17). The Morgan fingerprint density at radius 1 is 1.44 bits per heavy atom. The number of hydrogen-bond acceptors (Lipinski definition) is 5. The zero-order valence-electron chi connectivity index (χ0n) is 10.6. The highest BCUT2D eigenvalue weighted by molar-refractivity contribution is 5.92. The van der Waals surface area contributed by atoms with Gasteiger partial charge in [0.05, 0.1) is 6.61 Å². The molecule has 2 rings (SSSR count). The van der Waals surface area contributed by atoms with E-state index >= 15 is 0 Å². The van der Waals surface area contributed by atoms with Gasteiger partial charge in [-0.2, -0.15) is 0 Å². The van der Waals surface area contributed by atoms with E-state index in [2.05, 4.69) is 27.8 Å². The lowest BCUT2D eigenvalue weighted by atomic mass is 9.98. The van der Waals surface area contributed by atoms with Crippen LogP contribution in [0.25, 0.3) is 0 Å². The van der Waals surface area contributed by atoms with Crippen LogP contribution in [0.4, 0.5) is 5.82 Å². The number of anilines is 1. The van der Waals surface area contributed by atoms with Crippen molar-refractivity contribution in [2.75, 3.05) is 25.6 Å². The van der Waals surface area contributed by atoms with Crippen LogP contribution < -0.4 is 10.6 Å². The summed E-state index contributed by atoms with van der Waals surface area (Å²) in [5.41, 5.74) is 0.340. The maximum absolute atomic E-state index is 12.0. The van der Waals surface area contributed by atoms with Gasteiger partial charge in [-0.05, 0) is 24.5 Å². The number of amides is 1. The van der Waals surface area contributed by atoms with Crippen LogP contribution in [0.5, 0.6) is 0 Å². The molecular weight excluding hydrogens is 232 g/mol. The van der Waals surface area contributed by atoms with Crippen LogP contribution in [0, 0.1) is 5.92 Å². The Bertz CT molecular complexity index is 407. The Balaban J connectivity index is 1.97. The maximum atomic E-state index is 12.0. The summed E-state index contributed by atoms with van der Waals surface area (Å²) in [5.74, 6) is 0.794. The summed E-state index contributed by atoms with van der Waals surface area (Å²) in [5, 5.41) is 13.6. The van der Waals surface area contributed by atoms with Gasteiger partial charge in [-0.15, -0.1) is 10.2 Å². The molecule has 98 valence electrons. The van der Waals surface area contributed by atoms with Gasteiger partial charge in [0.2, 0.25) is 0 Å². The van der Waals surface area contributed by atoms with Crippen molar-refractivity contribution < 1.29 is 9.53 Å². The first-order chi connectivity index (χ1) is 8.70. The topological polar surface area (TPSA) is 76.1 Å². The van der Waals surface area contributed by atoms with Crippen LogP contribution in [0.15, 0.2) is 12.1 Å². The van der Waals surface area contributed by atoms with Gasteiger partial charge in [0.15, 0.2) is 5.69 Å². The molecular formula is C12H18N4O2. The van der Waals surface area contributed by atoms with E-state index in [-0.39, 0.29) is 11.9 Å². The fourth-order valence-corrected chi connectivity index (χ4v) is 1.92. The summed E-state index contributed by atoms with van der Waals surface area (Å²) in [6, 6.07) is 3.55. The Kier molecular flexibility index (Phi) is 4.09. The second-order valence-electron chi connectivity index (χ2n) is 4.47. The maximum Gasteiger partial charge on any atom is 0.272 e. The van der Waals surface area contributed by atoms with E-state index in [4.69, 9.17) is 4.74 Å². The quantitative estimate of drug-likeness (QED) is 0.824. The second kappa shape index (κ2) is 5.77. The molecule has 1 amide bonds. The SMILES string of the molecule is CNc1ccc(C(=O)NC2CCOCC2C)nn1. The van der Waals surface area contributed by atoms with Crippen LogP contribution in [0.2, 0.25) is 0 Å². The van der Waals surface area contributed by atoms with Gasteiger partial charge >= 0.3 is 0 Å². The van der Waals surface area contributed by atoms with Crippen molar-refractivity contribution >= 4 is 11.7 Å². The smallest absolute Gasteiger partial charge is 0.272 e. The van der Waals surface area contributed by atoms with Gasteiger partial charge in [0, 0.05) is 19.7 Å². The largest absolute Gasteiger partial charge is 0.381 e. The monoisotopic (exact) mass is 250 g/mol. The molecule has 0 saturated carbocycles. The van der Waals surface area contributed by atoms with E-state index in [0.29, 0.717) is 30.6 Å². The summed E-state index contributed by atoms with van der Waals surface area (Å²) < 4.78 is 5.34. The van der Waals surface area contributed by atoms with Crippen molar-refractivity contribution in [3.8, 4) is 0 Å². The zero-order valence-corrected chi connectivity index (χ0v) is 10.6. The summed E-state index contributed by atoms with van der Waals surface area (Å²) in [6.45, 7) is 3.45. The molecule has 0 spiro atoms. The third-order valence-electron chi connectivity index (χ3n) is 3.11. The molecule has 1 aromatic heterocycles. The average molecular weight is 250 g/mol. The highest BCUT2D eigenvalue weighted by Gasteiger charge is 2.24. The first-order valence-corrected chi connectivity index (χ1v) is 6.11. The fourth-order valence-electron chi connectivity index (χ4n) is 1.92. The molecule has 0 bridgehead atoms. The number of hydrogen-bond donors (Lipinski definition) is 2. The van der Waals surface area contributed by atoms with Gasteiger partial charge in [-0.1, -0.05) is 6.92 Å². The summed E-state index contributed by atoms with van der Waals surface area (Å²) in [6.07, 6.45) is 0.842. The number of aromatic nitrogens is 2. The van der Waals surface area contributed by atoms with E-state index in [0.717, 1.165) is 6.42 Å². The van der Waals surface area contributed by atoms with Crippen LogP contribution in [-0.2, 0) is 4.74 Å². The summed E-state index contributed by atoms with van der Waals surface area (Å²) in [4.78, 5) is 12.0. The number of carbonyl (C=O) groups is 1. The minimum Gasteiger partial charge on any atom is -0.381 e. The number of rotatable bonds is 3. The van der Waals surface area contributed by atoms with Gasteiger partial charge in [-0.3, -0.25) is 4.79 Å². The lowest BCUT2D eigenvalue weighted by Gasteiger charge is -2.29. The normalized spacial score (nSPS) is 23.4. The molecule has 2 N–H and O–H groups in total. The number of nitrogens with one attached hydrogen (secondary N) is 2. The van der Waals surface area contributed by atoms with Crippen LogP contribution in [-0.4, -0.2) is 42.4 Å². The zero-order chi connectivity index (χ0) is 13.0. The van der Waals surface area contributed by atoms with E-state index in [1.54, 1.807) is 19.2 Å². The highest BCUT2D eigenvalue weighted by Crippen LogP contribution is 2.14. The Labute approximate surface area is 106 Å². The van der Waals surface area contributed by atoms with Crippen molar-refractivity contribution in [1.29, 1.82) is 0 Å². The number of ether oxygens (including phenoxy) is 1. The molecule has 2 unspecified atom stereocenters.